The van der Waals surface area contributed by atoms with E-state index < -0.39 is 23.4 Å². The van der Waals surface area contributed by atoms with Crippen LogP contribution in [0.1, 0.15) is 38.8 Å². The van der Waals surface area contributed by atoms with E-state index in [0.717, 1.165) is 0 Å². The fraction of sp³-hybridized carbons (Fsp3) is 0.684. The second-order valence-electron chi connectivity index (χ2n) is 7.34. The molecule has 26 heavy (non-hydrogen) atoms. The zero-order chi connectivity index (χ0) is 19.3. The average molecular weight is 370 g/mol. The first-order valence-electron chi connectivity index (χ1n) is 9.21. The Hall–Kier alpha value is -1.76. The molecule has 0 amide bonds. The second kappa shape index (κ2) is 9.26. The molecule has 5 nitrogen and oxygen atoms in total. The number of aromatic nitrogens is 1. The molecule has 7 heteroatoms. The monoisotopic (exact) mass is 370 g/mol. The Morgan fingerprint density at radius 2 is 2.08 bits per heavy atom. The van der Waals surface area contributed by atoms with Crippen molar-refractivity contribution in [3.05, 3.63) is 34.0 Å². The van der Waals surface area contributed by atoms with Crippen LogP contribution in [0.15, 0.2) is 17.1 Å². The summed E-state index contributed by atoms with van der Waals surface area (Å²) in [7, 11) is 0. The number of carbonyl (C=O) groups is 1. The highest BCUT2D eigenvalue weighted by atomic mass is 19.1. The van der Waals surface area contributed by atoms with Crippen LogP contribution < -0.4 is 5.56 Å². The fourth-order valence-corrected chi connectivity index (χ4v) is 3.24. The third kappa shape index (κ3) is 5.13. The van der Waals surface area contributed by atoms with Crippen molar-refractivity contribution >= 4 is 5.97 Å². The second-order valence-corrected chi connectivity index (χ2v) is 7.34. The van der Waals surface area contributed by atoms with Crippen molar-refractivity contribution in [1.29, 1.82) is 0 Å². The van der Waals surface area contributed by atoms with Crippen LogP contribution in [0.3, 0.4) is 0 Å². The molecule has 1 unspecified atom stereocenters. The summed E-state index contributed by atoms with van der Waals surface area (Å²) in [5.74, 6) is -1.15. The van der Waals surface area contributed by atoms with Gasteiger partial charge in [0.2, 0.25) is 0 Å². The molecule has 0 saturated carbocycles. The normalized spacial score (nSPS) is 16.5. The highest BCUT2D eigenvalue weighted by Crippen LogP contribution is 2.20. The predicted molar refractivity (Wildman–Crippen MR) is 95.4 cm³/mol. The Labute approximate surface area is 152 Å². The number of likely N-dealkylation sites (tertiary alicyclic amines) is 1. The summed E-state index contributed by atoms with van der Waals surface area (Å²) in [5.41, 5.74) is -0.169. The first-order valence-corrected chi connectivity index (χ1v) is 9.21. The molecule has 2 rings (SSSR count). The van der Waals surface area contributed by atoms with Crippen LogP contribution in [-0.2, 0) is 16.0 Å². The van der Waals surface area contributed by atoms with Gasteiger partial charge in [0, 0.05) is 31.7 Å². The van der Waals surface area contributed by atoms with E-state index in [-0.39, 0.29) is 25.1 Å². The molecule has 1 saturated heterocycles. The lowest BCUT2D eigenvalue weighted by Gasteiger charge is -2.37. The summed E-state index contributed by atoms with van der Waals surface area (Å²) in [4.78, 5) is 26.7. The number of halogens is 2. The molecule has 0 bridgehead atoms. The van der Waals surface area contributed by atoms with Crippen LogP contribution in [0.5, 0.6) is 0 Å². The lowest BCUT2D eigenvalue weighted by atomic mass is 10.0. The highest BCUT2D eigenvalue weighted by Gasteiger charge is 2.27. The Balaban J connectivity index is 2.18. The summed E-state index contributed by atoms with van der Waals surface area (Å²) < 4.78 is 32.9. The number of hydrogen-bond donors (Lipinski definition) is 0. The van der Waals surface area contributed by atoms with Crippen molar-refractivity contribution in [3.8, 4) is 0 Å². The van der Waals surface area contributed by atoms with E-state index >= 15 is 0 Å². The van der Waals surface area contributed by atoms with E-state index in [0.29, 0.717) is 38.0 Å². The van der Waals surface area contributed by atoms with Gasteiger partial charge >= 0.3 is 5.97 Å². The maximum Gasteiger partial charge on any atom is 0.329 e. The van der Waals surface area contributed by atoms with Gasteiger partial charge in [-0.2, -0.15) is 0 Å². The van der Waals surface area contributed by atoms with E-state index in [1.165, 1.54) is 10.6 Å². The number of esters is 1. The van der Waals surface area contributed by atoms with Gasteiger partial charge in [-0.3, -0.25) is 13.8 Å². The minimum atomic E-state index is -0.870. The van der Waals surface area contributed by atoms with E-state index in [4.69, 9.17) is 4.74 Å². The van der Waals surface area contributed by atoms with Crippen LogP contribution in [0.4, 0.5) is 8.78 Å². The van der Waals surface area contributed by atoms with Crippen LogP contribution in [0.2, 0.25) is 0 Å². The van der Waals surface area contributed by atoms with Crippen molar-refractivity contribution in [1.82, 2.24) is 9.47 Å². The van der Waals surface area contributed by atoms with Crippen molar-refractivity contribution in [2.24, 2.45) is 11.8 Å². The Morgan fingerprint density at radius 1 is 1.38 bits per heavy atom. The lowest BCUT2D eigenvalue weighted by Crippen LogP contribution is -2.48. The number of rotatable bonds is 9. The third-order valence-corrected chi connectivity index (χ3v) is 4.61. The number of carbonyl (C=O) groups excluding carboxylic acids is 1. The molecule has 146 valence electrons. The third-order valence-electron chi connectivity index (χ3n) is 4.61. The number of ether oxygens (including phenoxy) is 1. The van der Waals surface area contributed by atoms with Crippen molar-refractivity contribution in [3.63, 3.8) is 0 Å². The number of pyridine rings is 1. The predicted octanol–water partition coefficient (Wildman–Crippen LogP) is 2.58. The van der Waals surface area contributed by atoms with Gasteiger partial charge in [0.05, 0.1) is 13.3 Å². The number of nitrogens with zero attached hydrogens (tertiary/aromatic N) is 2. The Kier molecular flexibility index (Phi) is 7.32. The zero-order valence-electron chi connectivity index (χ0n) is 15.7. The quantitative estimate of drug-likeness (QED) is 0.627. The van der Waals surface area contributed by atoms with Gasteiger partial charge in [0.25, 0.3) is 5.56 Å². The molecule has 2 heterocycles. The van der Waals surface area contributed by atoms with Gasteiger partial charge in [0.1, 0.15) is 6.04 Å². The Bertz CT molecular complexity index is 669. The molecule has 1 aliphatic heterocycles. The van der Waals surface area contributed by atoms with Gasteiger partial charge in [0.15, 0.2) is 5.82 Å². The van der Waals surface area contributed by atoms with E-state index in [2.05, 4.69) is 4.90 Å². The minimum Gasteiger partial charge on any atom is -0.464 e. The molecule has 1 aromatic rings. The molecule has 1 aliphatic rings. The average Bonchev–Trinajstić information content (AvgIpc) is 2.54. The van der Waals surface area contributed by atoms with Crippen molar-refractivity contribution in [2.45, 2.75) is 39.7 Å². The molecule has 1 fully saturated rings. The highest BCUT2D eigenvalue weighted by molar-refractivity contribution is 5.74. The van der Waals surface area contributed by atoms with Crippen LogP contribution >= 0.6 is 0 Å². The van der Waals surface area contributed by atoms with E-state index in [1.807, 2.05) is 13.8 Å². The van der Waals surface area contributed by atoms with Crippen molar-refractivity contribution in [2.75, 3.05) is 32.9 Å². The minimum absolute atomic E-state index is 0.0972. The first-order chi connectivity index (χ1) is 12.3. The first kappa shape index (κ1) is 20.6. The number of hydrogen-bond acceptors (Lipinski definition) is 4. The number of alkyl halides is 1. The van der Waals surface area contributed by atoms with Crippen molar-refractivity contribution < 1.29 is 18.3 Å². The largest absolute Gasteiger partial charge is 0.464 e. The van der Waals surface area contributed by atoms with Gasteiger partial charge in [-0.05, 0) is 37.3 Å². The standard InChI is InChI=1S/C19H28F2N2O3/c1-4-26-19(25)17(7-13(2)3)23-12-14(8-16(21)18(23)24)5-6-22-10-15(9-20)11-22/h8,12-13,15,17H,4-7,9-11H2,1-3H3. The van der Waals surface area contributed by atoms with Gasteiger partial charge < -0.3 is 9.64 Å². The van der Waals surface area contributed by atoms with Gasteiger partial charge in [-0.25, -0.2) is 9.18 Å². The molecular formula is C19H28F2N2O3. The van der Waals surface area contributed by atoms with E-state index in [1.54, 1.807) is 13.1 Å². The SMILES string of the molecule is CCOC(=O)C(CC(C)C)n1cc(CCN2CC(CF)C2)cc(F)c1=O. The molecule has 0 aromatic carbocycles. The van der Waals surface area contributed by atoms with Gasteiger partial charge in [-0.1, -0.05) is 13.8 Å². The Morgan fingerprint density at radius 3 is 2.65 bits per heavy atom. The molecule has 0 aliphatic carbocycles. The maximum absolute atomic E-state index is 14.2. The summed E-state index contributed by atoms with van der Waals surface area (Å²) in [6, 6.07) is 0.389. The fourth-order valence-electron chi connectivity index (χ4n) is 3.24. The molecule has 1 atom stereocenters. The molecule has 0 spiro atoms. The molecule has 0 N–H and O–H groups in total. The van der Waals surface area contributed by atoms with Gasteiger partial charge in [-0.15, -0.1) is 0 Å². The molecule has 1 aromatic heterocycles. The zero-order valence-corrected chi connectivity index (χ0v) is 15.7. The lowest BCUT2D eigenvalue weighted by molar-refractivity contribution is -0.147. The van der Waals surface area contributed by atoms with Crippen LogP contribution in [0, 0.1) is 17.7 Å². The van der Waals surface area contributed by atoms with Crippen LogP contribution in [0.25, 0.3) is 0 Å². The smallest absolute Gasteiger partial charge is 0.329 e. The van der Waals surface area contributed by atoms with E-state index in [9.17, 15) is 18.4 Å². The summed E-state index contributed by atoms with van der Waals surface area (Å²) in [6.07, 6.45) is 2.49. The topological polar surface area (TPSA) is 51.5 Å². The maximum atomic E-state index is 14.2. The summed E-state index contributed by atoms with van der Waals surface area (Å²) >= 11 is 0. The molecular weight excluding hydrogens is 342 g/mol. The summed E-state index contributed by atoms with van der Waals surface area (Å²) in [5, 5.41) is 0. The molecule has 0 radical (unpaired) electrons. The summed E-state index contributed by atoms with van der Waals surface area (Å²) in [6.45, 7) is 7.53. The van der Waals surface area contributed by atoms with Crippen LogP contribution in [-0.4, -0.2) is 48.4 Å².